The number of hydrogen-bond acceptors (Lipinski definition) is 4. The fraction of sp³-hybridized carbons (Fsp3) is 0.667. The topological polar surface area (TPSA) is 60.4 Å². The number of ether oxygens (including phenoxy) is 1. The lowest BCUT2D eigenvalue weighted by molar-refractivity contribution is -0.221. The van der Waals surface area contributed by atoms with Crippen molar-refractivity contribution in [1.29, 1.82) is 0 Å². The molecule has 1 heterocycles. The van der Waals surface area contributed by atoms with Crippen LogP contribution >= 0.6 is 0 Å². The van der Waals surface area contributed by atoms with Gasteiger partial charge in [-0.1, -0.05) is 26.5 Å². The Balaban J connectivity index is 1.79. The van der Waals surface area contributed by atoms with Crippen LogP contribution in [-0.4, -0.2) is 24.1 Å². The highest BCUT2D eigenvalue weighted by molar-refractivity contribution is 6.22. The van der Waals surface area contributed by atoms with Gasteiger partial charge >= 0.3 is 5.97 Å². The van der Waals surface area contributed by atoms with E-state index in [4.69, 9.17) is 4.74 Å². The number of allylic oxidation sites excluding steroid dienone is 2. The normalized spacial score (nSPS) is 51.1. The van der Waals surface area contributed by atoms with Crippen molar-refractivity contribution >= 4 is 17.5 Å². The van der Waals surface area contributed by atoms with Gasteiger partial charge in [-0.05, 0) is 55.1 Å². The molecule has 3 unspecified atom stereocenters. The summed E-state index contributed by atoms with van der Waals surface area (Å²) >= 11 is 0. The minimum atomic E-state index is -1.10. The van der Waals surface area contributed by atoms with E-state index in [0.717, 1.165) is 19.3 Å². The van der Waals surface area contributed by atoms with Crippen LogP contribution in [0.15, 0.2) is 24.3 Å². The number of hydrogen-bond donors (Lipinski definition) is 0. The molecular formula is C21H24O4. The van der Waals surface area contributed by atoms with Gasteiger partial charge in [-0.15, -0.1) is 0 Å². The Bertz CT molecular complexity index is 779. The molecule has 0 aromatic carbocycles. The van der Waals surface area contributed by atoms with Crippen molar-refractivity contribution in [3.8, 4) is 0 Å². The van der Waals surface area contributed by atoms with E-state index in [1.165, 1.54) is 0 Å². The number of esters is 1. The van der Waals surface area contributed by atoms with Gasteiger partial charge in [0.2, 0.25) is 0 Å². The summed E-state index contributed by atoms with van der Waals surface area (Å²) in [6.45, 7) is 10.6. The minimum absolute atomic E-state index is 0.106. The molecule has 4 bridgehead atoms. The molecular weight excluding hydrogens is 316 g/mol. The second-order valence-electron chi connectivity index (χ2n) is 9.26. The zero-order chi connectivity index (χ0) is 17.8. The number of Topliss-reactive ketones (excluding diaryl/α,β-unsaturated/α-hetero) is 2. The van der Waals surface area contributed by atoms with Crippen molar-refractivity contribution in [2.24, 2.45) is 34.0 Å². The second-order valence-corrected chi connectivity index (χ2v) is 9.26. The first-order chi connectivity index (χ1) is 11.8. The third kappa shape index (κ3) is 1.42. The van der Waals surface area contributed by atoms with Gasteiger partial charge in [0.25, 0.3) is 0 Å². The summed E-state index contributed by atoms with van der Waals surface area (Å²) in [5.41, 5.74) is -1.01. The van der Waals surface area contributed by atoms with Crippen LogP contribution in [-0.2, 0) is 19.1 Å². The lowest BCUT2D eigenvalue weighted by Crippen LogP contribution is -2.72. The van der Waals surface area contributed by atoms with Crippen LogP contribution in [0, 0.1) is 34.0 Å². The van der Waals surface area contributed by atoms with Gasteiger partial charge in [-0.2, -0.15) is 0 Å². The van der Waals surface area contributed by atoms with E-state index in [9.17, 15) is 14.4 Å². The number of carbonyl (C=O) groups is 3. The summed E-state index contributed by atoms with van der Waals surface area (Å²) < 4.78 is 5.68. The summed E-state index contributed by atoms with van der Waals surface area (Å²) in [5.74, 6) is -0.740. The maximum atomic E-state index is 13.5. The Morgan fingerprint density at radius 2 is 1.76 bits per heavy atom. The molecule has 0 aromatic heterocycles. The van der Waals surface area contributed by atoms with E-state index in [0.29, 0.717) is 37.0 Å². The molecule has 6 fully saturated rings. The Kier molecular flexibility index (Phi) is 2.69. The Morgan fingerprint density at radius 1 is 1.04 bits per heavy atom. The summed E-state index contributed by atoms with van der Waals surface area (Å²) in [6.07, 6.45) is 4.64. The van der Waals surface area contributed by atoms with E-state index in [2.05, 4.69) is 20.1 Å². The highest BCUT2D eigenvalue weighted by Crippen LogP contribution is 2.72. The Hall–Kier alpha value is -1.71. The number of rotatable bonds is 0. The monoisotopic (exact) mass is 340 g/mol. The van der Waals surface area contributed by atoms with Crippen LogP contribution in [0.5, 0.6) is 0 Å². The molecule has 1 saturated heterocycles. The molecule has 25 heavy (non-hydrogen) atoms. The van der Waals surface area contributed by atoms with E-state index in [-0.39, 0.29) is 40.7 Å². The number of fused-ring (bicyclic) bond motifs is 2. The van der Waals surface area contributed by atoms with Gasteiger partial charge in [0.05, 0.1) is 17.4 Å². The van der Waals surface area contributed by atoms with Crippen molar-refractivity contribution in [1.82, 2.24) is 0 Å². The summed E-state index contributed by atoms with van der Waals surface area (Å²) in [4.78, 5) is 39.9. The number of ketones is 2. The third-order valence-electron chi connectivity index (χ3n) is 8.32. The predicted octanol–water partition coefficient (Wildman–Crippen LogP) is 3.02. The van der Waals surface area contributed by atoms with E-state index in [1.54, 1.807) is 0 Å². The molecule has 4 nitrogen and oxygen atoms in total. The average molecular weight is 340 g/mol. The molecule has 6 atom stereocenters. The maximum Gasteiger partial charge on any atom is 0.313 e. The highest BCUT2D eigenvalue weighted by Gasteiger charge is 2.76. The first-order valence-corrected chi connectivity index (χ1v) is 9.43. The third-order valence-corrected chi connectivity index (χ3v) is 8.32. The zero-order valence-electron chi connectivity index (χ0n) is 14.7. The van der Waals surface area contributed by atoms with Crippen LogP contribution in [0.25, 0.3) is 0 Å². The highest BCUT2D eigenvalue weighted by atomic mass is 16.5. The molecule has 5 saturated carbocycles. The van der Waals surface area contributed by atoms with Gasteiger partial charge in [0, 0.05) is 11.3 Å². The van der Waals surface area contributed by atoms with Gasteiger partial charge in [0.1, 0.15) is 0 Å². The molecule has 5 aliphatic carbocycles. The SMILES string of the molecule is C=C1C(=O)C23CC[C@@H](CC2[C@@]24CCC[C@@](C)(COC2=O)C14)C(=C)C3=O. The summed E-state index contributed by atoms with van der Waals surface area (Å²) in [6, 6.07) is 0. The molecule has 1 aliphatic heterocycles. The van der Waals surface area contributed by atoms with E-state index >= 15 is 0 Å². The standard InChI is InChI=1S/C21H24O4/c1-11-13-5-8-21(16(11)22)14(9-13)20-7-4-6-19(3,10-25-18(20)24)15(20)12(2)17(21)23/h13-15H,1-2,4-10H2,3H3/t13-,14?,15?,19-,20+,21?/m0/s1. The van der Waals surface area contributed by atoms with Crippen LogP contribution in [0.1, 0.15) is 45.4 Å². The average Bonchev–Trinajstić information content (AvgIpc) is 2.60. The van der Waals surface area contributed by atoms with Crippen molar-refractivity contribution in [3.63, 3.8) is 0 Å². The van der Waals surface area contributed by atoms with E-state index in [1.807, 2.05) is 0 Å². The van der Waals surface area contributed by atoms with Gasteiger partial charge in [-0.3, -0.25) is 14.4 Å². The molecule has 0 amide bonds. The largest absolute Gasteiger partial charge is 0.465 e. The smallest absolute Gasteiger partial charge is 0.313 e. The van der Waals surface area contributed by atoms with Crippen molar-refractivity contribution < 1.29 is 19.1 Å². The predicted molar refractivity (Wildman–Crippen MR) is 90.4 cm³/mol. The fourth-order valence-electron chi connectivity index (χ4n) is 7.37. The fourth-order valence-corrected chi connectivity index (χ4v) is 7.37. The lowest BCUT2D eigenvalue weighted by atomic mass is 9.34. The molecule has 6 aliphatic rings. The van der Waals surface area contributed by atoms with Gasteiger partial charge < -0.3 is 4.74 Å². The molecule has 0 N–H and O–H groups in total. The van der Waals surface area contributed by atoms with Crippen LogP contribution < -0.4 is 0 Å². The van der Waals surface area contributed by atoms with Crippen molar-refractivity contribution in [3.05, 3.63) is 24.3 Å². The van der Waals surface area contributed by atoms with Gasteiger partial charge in [0.15, 0.2) is 11.6 Å². The summed E-state index contributed by atoms with van der Waals surface area (Å²) in [5, 5.41) is 0. The van der Waals surface area contributed by atoms with E-state index < -0.39 is 10.8 Å². The quantitative estimate of drug-likeness (QED) is 0.386. The first kappa shape index (κ1) is 15.5. The Labute approximate surface area is 147 Å². The van der Waals surface area contributed by atoms with Crippen molar-refractivity contribution in [2.45, 2.75) is 45.4 Å². The maximum absolute atomic E-state index is 13.5. The Morgan fingerprint density at radius 3 is 2.52 bits per heavy atom. The first-order valence-electron chi connectivity index (χ1n) is 9.43. The molecule has 0 aromatic rings. The van der Waals surface area contributed by atoms with Gasteiger partial charge in [-0.25, -0.2) is 0 Å². The lowest BCUT2D eigenvalue weighted by Gasteiger charge is -2.67. The van der Waals surface area contributed by atoms with Crippen LogP contribution in [0.4, 0.5) is 0 Å². The molecule has 1 spiro atoms. The van der Waals surface area contributed by atoms with Crippen LogP contribution in [0.3, 0.4) is 0 Å². The molecule has 0 radical (unpaired) electrons. The van der Waals surface area contributed by atoms with Crippen LogP contribution in [0.2, 0.25) is 0 Å². The minimum Gasteiger partial charge on any atom is -0.465 e. The number of carbonyl (C=O) groups excluding carboxylic acids is 3. The number of cyclic esters (lactones) is 1. The molecule has 132 valence electrons. The van der Waals surface area contributed by atoms with Crippen molar-refractivity contribution in [2.75, 3.05) is 6.61 Å². The summed E-state index contributed by atoms with van der Waals surface area (Å²) in [7, 11) is 0. The second kappa shape index (κ2) is 4.33. The molecule has 6 rings (SSSR count). The zero-order valence-corrected chi connectivity index (χ0v) is 14.7. The molecule has 4 heteroatoms.